The van der Waals surface area contributed by atoms with Gasteiger partial charge in [0.25, 0.3) is 0 Å². The van der Waals surface area contributed by atoms with Crippen molar-refractivity contribution in [3.63, 3.8) is 0 Å². The minimum Gasteiger partial charge on any atom is -0.481 e. The predicted molar refractivity (Wildman–Crippen MR) is 124 cm³/mol. The molecular weight excluding hydrogens is 478 g/mol. The standard InChI is InChI=1S/C22H31N5O9/c1-11(28)18(27-19(32)13(23)7-8-16(24)29)21(34)25-14(10-17(30)31)20(33)26-15(22(35)36)9-12-5-3-2-4-6-12/h2-6,11,13-15,18,28H,7-10,23H2,1H3,(H2,24,29)(H,25,34)(H,26,33)(H,27,32)(H,30,31)(H,35,36). The van der Waals surface area contributed by atoms with Crippen LogP contribution in [0.15, 0.2) is 30.3 Å². The number of aliphatic hydroxyl groups excluding tert-OH is 1. The van der Waals surface area contributed by atoms with Gasteiger partial charge in [-0.2, -0.15) is 0 Å². The number of hydrogen-bond donors (Lipinski definition) is 8. The van der Waals surface area contributed by atoms with Gasteiger partial charge in [0.2, 0.25) is 23.6 Å². The van der Waals surface area contributed by atoms with Gasteiger partial charge in [-0.3, -0.25) is 24.0 Å². The summed E-state index contributed by atoms with van der Waals surface area (Å²) in [6.07, 6.45) is -2.83. The monoisotopic (exact) mass is 509 g/mol. The fourth-order valence-corrected chi connectivity index (χ4v) is 3.06. The highest BCUT2D eigenvalue weighted by Crippen LogP contribution is 2.06. The fourth-order valence-electron chi connectivity index (χ4n) is 3.06. The Hall–Kier alpha value is -4.04. The van der Waals surface area contributed by atoms with E-state index in [4.69, 9.17) is 11.5 Å². The van der Waals surface area contributed by atoms with E-state index in [0.29, 0.717) is 5.56 Å². The highest BCUT2D eigenvalue weighted by molar-refractivity contribution is 5.96. The molecular formula is C22H31N5O9. The number of hydrogen-bond acceptors (Lipinski definition) is 8. The van der Waals surface area contributed by atoms with Crippen molar-refractivity contribution in [2.75, 3.05) is 0 Å². The number of aliphatic hydroxyl groups is 1. The molecule has 0 bridgehead atoms. The summed E-state index contributed by atoms with van der Waals surface area (Å²) in [5.74, 6) is -6.66. The van der Waals surface area contributed by atoms with E-state index in [0.717, 1.165) is 6.92 Å². The van der Waals surface area contributed by atoms with Crippen LogP contribution in [-0.2, 0) is 35.2 Å². The lowest BCUT2D eigenvalue weighted by Crippen LogP contribution is -2.60. The number of nitrogens with one attached hydrogen (secondary N) is 3. The van der Waals surface area contributed by atoms with Gasteiger partial charge in [-0.05, 0) is 18.9 Å². The van der Waals surface area contributed by atoms with Gasteiger partial charge in [0.15, 0.2) is 0 Å². The minimum absolute atomic E-state index is 0.106. The van der Waals surface area contributed by atoms with Gasteiger partial charge < -0.3 is 42.7 Å². The van der Waals surface area contributed by atoms with Gasteiger partial charge in [0, 0.05) is 12.8 Å². The predicted octanol–water partition coefficient (Wildman–Crippen LogP) is -2.78. The van der Waals surface area contributed by atoms with E-state index in [1.807, 2.05) is 0 Å². The third-order valence-electron chi connectivity index (χ3n) is 5.01. The van der Waals surface area contributed by atoms with Crippen LogP contribution in [0.4, 0.5) is 0 Å². The number of rotatable bonds is 15. The zero-order valence-corrected chi connectivity index (χ0v) is 19.5. The quantitative estimate of drug-likeness (QED) is 0.121. The van der Waals surface area contributed by atoms with E-state index in [-0.39, 0.29) is 19.3 Å². The first-order valence-corrected chi connectivity index (χ1v) is 10.9. The molecule has 36 heavy (non-hydrogen) atoms. The Labute approximate surface area is 206 Å². The van der Waals surface area contributed by atoms with Gasteiger partial charge in [0.05, 0.1) is 18.6 Å². The van der Waals surface area contributed by atoms with Crippen molar-refractivity contribution in [1.29, 1.82) is 0 Å². The van der Waals surface area contributed by atoms with Crippen LogP contribution < -0.4 is 27.4 Å². The number of amides is 4. The molecule has 4 amide bonds. The van der Waals surface area contributed by atoms with E-state index in [1.165, 1.54) is 0 Å². The van der Waals surface area contributed by atoms with Crippen molar-refractivity contribution in [3.05, 3.63) is 35.9 Å². The third kappa shape index (κ3) is 10.5. The number of carbonyl (C=O) groups excluding carboxylic acids is 4. The molecule has 1 aromatic rings. The van der Waals surface area contributed by atoms with E-state index in [9.17, 15) is 44.1 Å². The third-order valence-corrected chi connectivity index (χ3v) is 5.01. The van der Waals surface area contributed by atoms with Crippen molar-refractivity contribution >= 4 is 35.6 Å². The van der Waals surface area contributed by atoms with Gasteiger partial charge in [0.1, 0.15) is 18.1 Å². The van der Waals surface area contributed by atoms with Crippen molar-refractivity contribution in [2.45, 2.75) is 62.9 Å². The molecule has 1 aromatic carbocycles. The normalized spacial score (nSPS) is 14.9. The van der Waals surface area contributed by atoms with E-state index < -0.39 is 72.3 Å². The number of carbonyl (C=O) groups is 6. The Bertz CT molecular complexity index is 954. The minimum atomic E-state index is -1.73. The molecule has 14 heteroatoms. The Balaban J connectivity index is 2.95. The van der Waals surface area contributed by atoms with Crippen LogP contribution in [0.1, 0.15) is 31.7 Å². The first-order valence-electron chi connectivity index (χ1n) is 10.9. The number of carboxylic acids is 2. The zero-order valence-electron chi connectivity index (χ0n) is 19.5. The van der Waals surface area contributed by atoms with Crippen LogP contribution in [0, 0.1) is 0 Å². The molecule has 0 aromatic heterocycles. The van der Waals surface area contributed by atoms with Crippen LogP contribution >= 0.6 is 0 Å². The maximum atomic E-state index is 12.7. The average Bonchev–Trinajstić information content (AvgIpc) is 2.79. The second kappa shape index (κ2) is 14.4. The first kappa shape index (κ1) is 30.0. The molecule has 1 rings (SSSR count). The van der Waals surface area contributed by atoms with Crippen LogP contribution in [0.3, 0.4) is 0 Å². The molecule has 5 atom stereocenters. The number of benzene rings is 1. The molecule has 0 aliphatic carbocycles. The van der Waals surface area contributed by atoms with Crippen LogP contribution in [-0.4, -0.2) is 81.2 Å². The first-order chi connectivity index (χ1) is 16.8. The lowest BCUT2D eigenvalue weighted by Gasteiger charge is -2.26. The molecule has 0 heterocycles. The molecule has 198 valence electrons. The topological polar surface area (TPSA) is 251 Å². The summed E-state index contributed by atoms with van der Waals surface area (Å²) in [4.78, 5) is 71.5. The maximum absolute atomic E-state index is 12.7. The maximum Gasteiger partial charge on any atom is 0.326 e. The van der Waals surface area contributed by atoms with Gasteiger partial charge >= 0.3 is 11.9 Å². The molecule has 14 nitrogen and oxygen atoms in total. The molecule has 0 spiro atoms. The second-order valence-electron chi connectivity index (χ2n) is 8.09. The van der Waals surface area contributed by atoms with E-state index in [1.54, 1.807) is 30.3 Å². The fraction of sp³-hybridized carbons (Fsp3) is 0.455. The lowest BCUT2D eigenvalue weighted by atomic mass is 10.0. The Morgan fingerprint density at radius 1 is 0.889 bits per heavy atom. The summed E-state index contributed by atoms with van der Waals surface area (Å²) < 4.78 is 0. The highest BCUT2D eigenvalue weighted by Gasteiger charge is 2.33. The molecule has 10 N–H and O–H groups in total. The molecule has 0 aliphatic rings. The highest BCUT2D eigenvalue weighted by atomic mass is 16.4. The molecule has 0 saturated carbocycles. The van der Waals surface area contributed by atoms with E-state index in [2.05, 4.69) is 16.0 Å². The number of nitrogens with two attached hydrogens (primary N) is 2. The van der Waals surface area contributed by atoms with Crippen molar-refractivity contribution in [1.82, 2.24) is 16.0 Å². The van der Waals surface area contributed by atoms with E-state index >= 15 is 0 Å². The van der Waals surface area contributed by atoms with Crippen molar-refractivity contribution in [3.8, 4) is 0 Å². The second-order valence-corrected chi connectivity index (χ2v) is 8.09. The average molecular weight is 510 g/mol. The summed E-state index contributed by atoms with van der Waals surface area (Å²) in [5.41, 5.74) is 11.2. The summed E-state index contributed by atoms with van der Waals surface area (Å²) in [5, 5.41) is 35.1. The van der Waals surface area contributed by atoms with Crippen LogP contribution in [0.2, 0.25) is 0 Å². The van der Waals surface area contributed by atoms with Gasteiger partial charge in [-0.25, -0.2) is 4.79 Å². The Kier molecular flexibility index (Phi) is 12.0. The molecule has 0 saturated heterocycles. The Morgan fingerprint density at radius 2 is 1.47 bits per heavy atom. The number of primary amides is 1. The Morgan fingerprint density at radius 3 is 1.97 bits per heavy atom. The summed E-state index contributed by atoms with van der Waals surface area (Å²) in [6.45, 7) is 1.16. The lowest BCUT2D eigenvalue weighted by molar-refractivity contribution is -0.144. The molecule has 0 aliphatic heterocycles. The summed E-state index contributed by atoms with van der Waals surface area (Å²) in [7, 11) is 0. The number of aliphatic carboxylic acids is 2. The zero-order chi connectivity index (χ0) is 27.4. The smallest absolute Gasteiger partial charge is 0.326 e. The van der Waals surface area contributed by atoms with Crippen molar-refractivity contribution in [2.24, 2.45) is 11.5 Å². The number of carboxylic acid groups (broad SMARTS) is 2. The van der Waals surface area contributed by atoms with Crippen molar-refractivity contribution < 1.29 is 44.1 Å². The van der Waals surface area contributed by atoms with Gasteiger partial charge in [-0.15, -0.1) is 0 Å². The SMILES string of the molecule is CC(O)C(NC(=O)C(N)CCC(N)=O)C(=O)NC(CC(=O)O)C(=O)NC(Cc1ccccc1)C(=O)O. The largest absolute Gasteiger partial charge is 0.481 e. The molecule has 0 fully saturated rings. The summed E-state index contributed by atoms with van der Waals surface area (Å²) >= 11 is 0. The molecule has 0 radical (unpaired) electrons. The molecule has 5 unspecified atom stereocenters. The summed E-state index contributed by atoms with van der Waals surface area (Å²) in [6, 6.07) is 2.32. The van der Waals surface area contributed by atoms with Crippen LogP contribution in [0.5, 0.6) is 0 Å². The van der Waals surface area contributed by atoms with Gasteiger partial charge in [-0.1, -0.05) is 30.3 Å². The van der Waals surface area contributed by atoms with Crippen LogP contribution in [0.25, 0.3) is 0 Å².